The van der Waals surface area contributed by atoms with Crippen LogP contribution in [0.3, 0.4) is 0 Å². The molecule has 1 rings (SSSR count). The van der Waals surface area contributed by atoms with Crippen LogP contribution in [0.15, 0.2) is 0 Å². The van der Waals surface area contributed by atoms with E-state index in [0.29, 0.717) is 12.8 Å². The lowest BCUT2D eigenvalue weighted by atomic mass is 10.1. The lowest BCUT2D eigenvalue weighted by molar-refractivity contribution is -0.123. The van der Waals surface area contributed by atoms with Gasteiger partial charge in [-0.15, -0.1) is 0 Å². The molecule has 202 valence electrons. The molecule has 0 saturated carbocycles. The number of hydrogen-bond donors (Lipinski definition) is 2. The molecule has 0 aromatic rings. The molecule has 1 aliphatic heterocycles. The van der Waals surface area contributed by atoms with Gasteiger partial charge < -0.3 is 15.5 Å². The molecule has 0 aromatic heterocycles. The Hall–Kier alpha value is -0.750. The first-order chi connectivity index (χ1) is 16.5. The molecule has 5 nitrogen and oxygen atoms in total. The molecule has 1 fully saturated rings. The topological polar surface area (TPSA) is 61.4 Å². The maximum Gasteiger partial charge on any atom is 0.222 e. The minimum Gasteiger partial charge on any atom is -0.339 e. The highest BCUT2D eigenvalue weighted by atomic mass is 32.2. The summed E-state index contributed by atoms with van der Waals surface area (Å²) < 4.78 is 0. The minimum absolute atomic E-state index is 0.0245. The monoisotopic (exact) mass is 499 g/mol. The first-order valence-corrected chi connectivity index (χ1v) is 15.3. The van der Waals surface area contributed by atoms with Gasteiger partial charge in [-0.25, -0.2) is 0 Å². The van der Waals surface area contributed by atoms with Crippen molar-refractivity contribution in [3.05, 3.63) is 0 Å². The van der Waals surface area contributed by atoms with Crippen molar-refractivity contribution in [2.45, 2.75) is 135 Å². The third-order valence-corrected chi connectivity index (χ3v) is 7.60. The molecule has 1 saturated heterocycles. The summed E-state index contributed by atoms with van der Waals surface area (Å²) >= 11 is 2.19. The SMILES string of the molecule is CC1CCCCCCCCCCS1.CCCCCCCCCC(=O)NCNC(=O)CCN(C)C. The van der Waals surface area contributed by atoms with Crippen LogP contribution in [0.5, 0.6) is 0 Å². The third kappa shape index (κ3) is 25.9. The number of unbranched alkanes of at least 4 members (excludes halogenated alkanes) is 6. The van der Waals surface area contributed by atoms with Gasteiger partial charge in [-0.3, -0.25) is 9.59 Å². The van der Waals surface area contributed by atoms with E-state index in [1.807, 2.05) is 19.0 Å². The van der Waals surface area contributed by atoms with Crippen molar-refractivity contribution in [1.82, 2.24) is 15.5 Å². The van der Waals surface area contributed by atoms with Crippen molar-refractivity contribution in [1.29, 1.82) is 0 Å². The molecule has 0 bridgehead atoms. The lowest BCUT2D eigenvalue weighted by Gasteiger charge is -2.12. The zero-order valence-corrected chi connectivity index (χ0v) is 23.9. The lowest BCUT2D eigenvalue weighted by Crippen LogP contribution is -2.38. The summed E-state index contributed by atoms with van der Waals surface area (Å²) in [5.41, 5.74) is 0. The highest BCUT2D eigenvalue weighted by molar-refractivity contribution is 7.99. The van der Waals surface area contributed by atoms with Gasteiger partial charge in [0, 0.05) is 24.6 Å². The number of hydrogen-bond acceptors (Lipinski definition) is 4. The van der Waals surface area contributed by atoms with Gasteiger partial charge in [0.05, 0.1) is 6.67 Å². The number of carbonyl (C=O) groups excluding carboxylic acids is 2. The molecule has 6 heteroatoms. The Labute approximate surface area is 216 Å². The number of amides is 2. The Bertz CT molecular complexity index is 463. The number of nitrogens with zero attached hydrogens (tertiary/aromatic N) is 1. The molecule has 2 amide bonds. The molecule has 1 atom stereocenters. The van der Waals surface area contributed by atoms with E-state index in [2.05, 4.69) is 36.2 Å². The number of carbonyl (C=O) groups is 2. The highest BCUT2D eigenvalue weighted by Gasteiger charge is 2.04. The smallest absolute Gasteiger partial charge is 0.222 e. The maximum absolute atomic E-state index is 11.6. The summed E-state index contributed by atoms with van der Waals surface area (Å²) in [6.07, 6.45) is 22.7. The fourth-order valence-electron chi connectivity index (χ4n) is 3.95. The van der Waals surface area contributed by atoms with Gasteiger partial charge in [-0.1, -0.05) is 97.3 Å². The Balaban J connectivity index is 0.000000712. The van der Waals surface area contributed by atoms with Gasteiger partial charge in [0.2, 0.25) is 11.8 Å². The van der Waals surface area contributed by atoms with Crippen LogP contribution >= 0.6 is 11.8 Å². The van der Waals surface area contributed by atoms with Crippen molar-refractivity contribution in [2.75, 3.05) is 33.1 Å². The van der Waals surface area contributed by atoms with Gasteiger partial charge in [0.15, 0.2) is 0 Å². The Morgan fingerprint density at radius 3 is 1.91 bits per heavy atom. The molecule has 0 radical (unpaired) electrons. The van der Waals surface area contributed by atoms with Crippen molar-refractivity contribution < 1.29 is 9.59 Å². The maximum atomic E-state index is 11.6. The van der Waals surface area contributed by atoms with Crippen LogP contribution in [0, 0.1) is 0 Å². The number of rotatable bonds is 13. The first kappa shape index (κ1) is 33.2. The quantitative estimate of drug-likeness (QED) is 0.214. The number of nitrogens with one attached hydrogen (secondary N) is 2. The second kappa shape index (κ2) is 25.3. The largest absolute Gasteiger partial charge is 0.339 e. The van der Waals surface area contributed by atoms with E-state index in [4.69, 9.17) is 0 Å². The Morgan fingerprint density at radius 1 is 0.765 bits per heavy atom. The second-order valence-electron chi connectivity index (χ2n) is 10.1. The van der Waals surface area contributed by atoms with Crippen molar-refractivity contribution >= 4 is 23.6 Å². The summed E-state index contributed by atoms with van der Waals surface area (Å²) in [5.74, 6) is 1.40. The zero-order valence-electron chi connectivity index (χ0n) is 23.1. The zero-order chi connectivity index (χ0) is 25.3. The molecule has 0 spiro atoms. The normalized spacial score (nSPS) is 17.6. The van der Waals surface area contributed by atoms with Crippen LogP contribution in [-0.4, -0.2) is 55.0 Å². The summed E-state index contributed by atoms with van der Waals surface area (Å²) in [6, 6.07) is 0. The van der Waals surface area contributed by atoms with Crippen LogP contribution in [0.2, 0.25) is 0 Å². The van der Waals surface area contributed by atoms with E-state index in [0.717, 1.165) is 24.6 Å². The van der Waals surface area contributed by atoms with Gasteiger partial charge in [0.1, 0.15) is 0 Å². The average molecular weight is 500 g/mol. The molecule has 1 unspecified atom stereocenters. The second-order valence-corrected chi connectivity index (χ2v) is 11.6. The van der Waals surface area contributed by atoms with Crippen LogP contribution in [-0.2, 0) is 9.59 Å². The molecule has 0 aromatic carbocycles. The fraction of sp³-hybridized carbons (Fsp3) is 0.929. The van der Waals surface area contributed by atoms with Crippen LogP contribution in [0.4, 0.5) is 0 Å². The van der Waals surface area contributed by atoms with E-state index in [1.165, 1.54) is 95.6 Å². The molecule has 1 heterocycles. The third-order valence-electron chi connectivity index (χ3n) is 6.27. The van der Waals surface area contributed by atoms with Crippen LogP contribution in [0.1, 0.15) is 129 Å². The first-order valence-electron chi connectivity index (χ1n) is 14.3. The summed E-state index contributed by atoms with van der Waals surface area (Å²) in [4.78, 5) is 24.9. The van der Waals surface area contributed by atoms with Crippen molar-refractivity contribution in [3.8, 4) is 0 Å². The van der Waals surface area contributed by atoms with E-state index < -0.39 is 0 Å². The van der Waals surface area contributed by atoms with E-state index >= 15 is 0 Å². The standard InChI is InChI=1S/C16H33N3O2.C12H24S/c1-4-5-6-7-8-9-10-11-15(20)17-14-18-16(21)12-13-19(2)3;1-12-10-8-6-4-2-3-5-7-9-11-13-12/h4-14H2,1-3H3,(H,17,20)(H,18,21);12H,2-11H2,1H3. The average Bonchev–Trinajstić information content (AvgIpc) is 2.80. The molecular weight excluding hydrogens is 442 g/mol. The van der Waals surface area contributed by atoms with Crippen molar-refractivity contribution in [2.24, 2.45) is 0 Å². The van der Waals surface area contributed by atoms with Gasteiger partial charge in [-0.05, 0) is 39.1 Å². The molecule has 1 aliphatic rings. The van der Waals surface area contributed by atoms with Gasteiger partial charge in [-0.2, -0.15) is 11.8 Å². The predicted octanol–water partition coefficient (Wildman–Crippen LogP) is 6.90. The highest BCUT2D eigenvalue weighted by Crippen LogP contribution is 2.21. The van der Waals surface area contributed by atoms with Gasteiger partial charge >= 0.3 is 0 Å². The summed E-state index contributed by atoms with van der Waals surface area (Å²) in [5, 5.41) is 6.34. The van der Waals surface area contributed by atoms with Crippen LogP contribution in [0.25, 0.3) is 0 Å². The summed E-state index contributed by atoms with van der Waals surface area (Å²) in [7, 11) is 3.86. The Morgan fingerprint density at radius 2 is 1.29 bits per heavy atom. The predicted molar refractivity (Wildman–Crippen MR) is 150 cm³/mol. The van der Waals surface area contributed by atoms with Crippen molar-refractivity contribution in [3.63, 3.8) is 0 Å². The molecule has 34 heavy (non-hydrogen) atoms. The van der Waals surface area contributed by atoms with E-state index in [-0.39, 0.29) is 18.5 Å². The molecule has 0 aliphatic carbocycles. The number of thioether (sulfide) groups is 1. The van der Waals surface area contributed by atoms with Gasteiger partial charge in [0.25, 0.3) is 0 Å². The summed E-state index contributed by atoms with van der Waals surface area (Å²) in [6.45, 7) is 5.57. The van der Waals surface area contributed by atoms with Crippen LogP contribution < -0.4 is 10.6 Å². The van der Waals surface area contributed by atoms with E-state index in [1.54, 1.807) is 0 Å². The minimum atomic E-state index is -0.0278. The molecular formula is C28H57N3O2S. The Kier molecular flexibility index (Phi) is 24.8. The molecule has 2 N–H and O–H groups in total. The van der Waals surface area contributed by atoms with E-state index in [9.17, 15) is 9.59 Å². The fourth-order valence-corrected chi connectivity index (χ4v) is 5.05.